The molecule has 4 rings (SSSR count). The van der Waals surface area contributed by atoms with Gasteiger partial charge in [0.2, 0.25) is 5.91 Å². The number of piperazine rings is 1. The molecule has 0 bridgehead atoms. The van der Waals surface area contributed by atoms with Crippen molar-refractivity contribution in [1.29, 1.82) is 0 Å². The maximum atomic E-state index is 12.8. The molecule has 1 aromatic rings. The van der Waals surface area contributed by atoms with Gasteiger partial charge in [-0.25, -0.2) is 0 Å². The van der Waals surface area contributed by atoms with E-state index in [2.05, 4.69) is 5.32 Å². The lowest BCUT2D eigenvalue weighted by Gasteiger charge is -2.36. The highest BCUT2D eigenvalue weighted by atomic mass is 16.5. The van der Waals surface area contributed by atoms with E-state index in [-0.39, 0.29) is 30.2 Å². The Morgan fingerprint density at radius 3 is 2.46 bits per heavy atom. The highest BCUT2D eigenvalue weighted by molar-refractivity contribution is 6.00. The molecule has 138 valence electrons. The topological polar surface area (TPSA) is 79.0 Å². The third-order valence-electron chi connectivity index (χ3n) is 5.44. The Balaban J connectivity index is 1.38. The second kappa shape index (κ2) is 6.97. The second-order valence-electron chi connectivity index (χ2n) is 7.15. The van der Waals surface area contributed by atoms with Gasteiger partial charge in [0.1, 0.15) is 5.75 Å². The summed E-state index contributed by atoms with van der Waals surface area (Å²) >= 11 is 0. The van der Waals surface area contributed by atoms with Crippen molar-refractivity contribution in [3.63, 3.8) is 0 Å². The van der Waals surface area contributed by atoms with Crippen LogP contribution >= 0.6 is 0 Å². The van der Waals surface area contributed by atoms with Crippen LogP contribution in [-0.2, 0) is 9.59 Å². The summed E-state index contributed by atoms with van der Waals surface area (Å²) in [7, 11) is 0. The van der Waals surface area contributed by atoms with Crippen molar-refractivity contribution in [2.45, 2.75) is 25.7 Å². The number of benzene rings is 1. The zero-order valence-electron chi connectivity index (χ0n) is 14.7. The monoisotopic (exact) mass is 357 g/mol. The van der Waals surface area contributed by atoms with Crippen molar-refractivity contribution < 1.29 is 19.1 Å². The average molecular weight is 357 g/mol. The van der Waals surface area contributed by atoms with Crippen LogP contribution in [0, 0.1) is 5.92 Å². The lowest BCUT2D eigenvalue weighted by molar-refractivity contribution is -0.136. The van der Waals surface area contributed by atoms with E-state index in [1.165, 1.54) is 0 Å². The molecule has 0 aromatic heterocycles. The van der Waals surface area contributed by atoms with E-state index in [1.807, 2.05) is 4.90 Å². The molecule has 0 spiro atoms. The summed E-state index contributed by atoms with van der Waals surface area (Å²) in [5, 5.41) is 2.72. The third kappa shape index (κ3) is 3.25. The normalized spacial score (nSPS) is 20.4. The van der Waals surface area contributed by atoms with Gasteiger partial charge in [0, 0.05) is 37.7 Å². The molecule has 2 heterocycles. The van der Waals surface area contributed by atoms with Crippen LogP contribution in [-0.4, -0.2) is 60.3 Å². The summed E-state index contributed by atoms with van der Waals surface area (Å²) in [6, 6.07) is 5.08. The van der Waals surface area contributed by atoms with Crippen LogP contribution in [0.3, 0.4) is 0 Å². The summed E-state index contributed by atoms with van der Waals surface area (Å²) in [6.07, 6.45) is 4.29. The van der Waals surface area contributed by atoms with Crippen LogP contribution in [0.2, 0.25) is 0 Å². The fourth-order valence-electron chi connectivity index (χ4n) is 3.96. The van der Waals surface area contributed by atoms with Crippen LogP contribution in [0.5, 0.6) is 5.75 Å². The zero-order valence-corrected chi connectivity index (χ0v) is 14.7. The first kappa shape index (κ1) is 16.9. The first-order valence-electron chi connectivity index (χ1n) is 9.26. The standard InChI is InChI=1S/C19H23N3O4/c23-17-12-26-16-6-5-14(11-15(16)20-17)19(25)22-9-7-21(8-10-22)18(24)13-3-1-2-4-13/h5-6,11,13H,1-4,7-10,12H2,(H,20,23). The maximum absolute atomic E-state index is 12.8. The average Bonchev–Trinajstić information content (AvgIpc) is 3.21. The van der Waals surface area contributed by atoms with E-state index in [4.69, 9.17) is 4.74 Å². The number of nitrogens with one attached hydrogen (secondary N) is 1. The predicted molar refractivity (Wildman–Crippen MR) is 95.0 cm³/mol. The molecule has 1 saturated heterocycles. The summed E-state index contributed by atoms with van der Waals surface area (Å²) in [6.45, 7) is 2.25. The molecule has 0 unspecified atom stereocenters. The quantitative estimate of drug-likeness (QED) is 0.870. The lowest BCUT2D eigenvalue weighted by Crippen LogP contribution is -2.51. The summed E-state index contributed by atoms with van der Waals surface area (Å²) in [5.41, 5.74) is 1.05. The maximum Gasteiger partial charge on any atom is 0.262 e. The van der Waals surface area contributed by atoms with Crippen molar-refractivity contribution in [1.82, 2.24) is 9.80 Å². The molecular formula is C19H23N3O4. The minimum absolute atomic E-state index is 0.00270. The number of nitrogens with zero attached hydrogens (tertiary/aromatic N) is 2. The van der Waals surface area contributed by atoms with Gasteiger partial charge in [-0.3, -0.25) is 14.4 Å². The van der Waals surface area contributed by atoms with Crippen molar-refractivity contribution in [2.75, 3.05) is 38.1 Å². The molecule has 2 fully saturated rings. The third-order valence-corrected chi connectivity index (χ3v) is 5.44. The smallest absolute Gasteiger partial charge is 0.262 e. The largest absolute Gasteiger partial charge is 0.482 e. The van der Waals surface area contributed by atoms with Crippen molar-refractivity contribution in [3.05, 3.63) is 23.8 Å². The highest BCUT2D eigenvalue weighted by Gasteiger charge is 2.31. The Labute approximate surface area is 152 Å². The van der Waals surface area contributed by atoms with Crippen LogP contribution in [0.25, 0.3) is 0 Å². The Bertz CT molecular complexity index is 734. The van der Waals surface area contributed by atoms with Gasteiger partial charge < -0.3 is 19.9 Å². The number of carbonyl (C=O) groups excluding carboxylic acids is 3. The Kier molecular flexibility index (Phi) is 4.53. The Morgan fingerprint density at radius 2 is 1.73 bits per heavy atom. The lowest BCUT2D eigenvalue weighted by atomic mass is 10.1. The number of hydrogen-bond acceptors (Lipinski definition) is 4. The van der Waals surface area contributed by atoms with Gasteiger partial charge in [-0.05, 0) is 31.0 Å². The number of fused-ring (bicyclic) bond motifs is 1. The minimum atomic E-state index is -0.221. The number of carbonyl (C=O) groups is 3. The van der Waals surface area contributed by atoms with E-state index in [0.717, 1.165) is 25.7 Å². The molecule has 1 saturated carbocycles. The van der Waals surface area contributed by atoms with Crippen LogP contribution in [0.4, 0.5) is 5.69 Å². The van der Waals surface area contributed by atoms with Crippen molar-refractivity contribution >= 4 is 23.4 Å². The molecule has 7 heteroatoms. The van der Waals surface area contributed by atoms with E-state index in [1.54, 1.807) is 23.1 Å². The van der Waals surface area contributed by atoms with Gasteiger partial charge in [-0.15, -0.1) is 0 Å². The SMILES string of the molecule is O=C1COc2ccc(C(=O)N3CCN(C(=O)C4CCCC4)CC3)cc2N1. The number of anilines is 1. The molecule has 0 radical (unpaired) electrons. The molecule has 1 aromatic carbocycles. The Hall–Kier alpha value is -2.57. The number of amides is 3. The summed E-state index contributed by atoms with van der Waals surface area (Å²) in [4.78, 5) is 40.4. The van der Waals surface area contributed by atoms with Gasteiger partial charge in [-0.1, -0.05) is 12.8 Å². The summed E-state index contributed by atoms with van der Waals surface area (Å²) < 4.78 is 5.32. The highest BCUT2D eigenvalue weighted by Crippen LogP contribution is 2.29. The van der Waals surface area contributed by atoms with E-state index in [0.29, 0.717) is 43.2 Å². The summed E-state index contributed by atoms with van der Waals surface area (Å²) in [5.74, 6) is 0.708. The van der Waals surface area contributed by atoms with Crippen molar-refractivity contribution in [2.24, 2.45) is 5.92 Å². The zero-order chi connectivity index (χ0) is 18.1. The fourth-order valence-corrected chi connectivity index (χ4v) is 3.96. The molecule has 3 amide bonds. The van der Waals surface area contributed by atoms with Crippen molar-refractivity contribution in [3.8, 4) is 5.75 Å². The van der Waals surface area contributed by atoms with E-state index < -0.39 is 0 Å². The first-order valence-corrected chi connectivity index (χ1v) is 9.26. The molecule has 2 aliphatic heterocycles. The number of rotatable bonds is 2. The molecule has 0 atom stereocenters. The fraction of sp³-hybridized carbons (Fsp3) is 0.526. The molecule has 3 aliphatic rings. The van der Waals surface area contributed by atoms with E-state index in [9.17, 15) is 14.4 Å². The predicted octanol–water partition coefficient (Wildman–Crippen LogP) is 1.49. The minimum Gasteiger partial charge on any atom is -0.482 e. The van der Waals surface area contributed by atoms with Crippen LogP contribution < -0.4 is 10.1 Å². The number of hydrogen-bond donors (Lipinski definition) is 1. The molecule has 7 nitrogen and oxygen atoms in total. The van der Waals surface area contributed by atoms with Gasteiger partial charge in [0.25, 0.3) is 11.8 Å². The molecule has 1 N–H and O–H groups in total. The molecular weight excluding hydrogens is 334 g/mol. The van der Waals surface area contributed by atoms with Gasteiger partial charge in [0.05, 0.1) is 5.69 Å². The first-order chi connectivity index (χ1) is 12.6. The molecule has 1 aliphatic carbocycles. The van der Waals surface area contributed by atoms with Gasteiger partial charge >= 0.3 is 0 Å². The van der Waals surface area contributed by atoms with E-state index >= 15 is 0 Å². The Morgan fingerprint density at radius 1 is 1.04 bits per heavy atom. The van der Waals surface area contributed by atoms with Gasteiger partial charge in [-0.2, -0.15) is 0 Å². The van der Waals surface area contributed by atoms with Gasteiger partial charge in [0.15, 0.2) is 6.61 Å². The number of ether oxygens (including phenoxy) is 1. The second-order valence-corrected chi connectivity index (χ2v) is 7.15. The van der Waals surface area contributed by atoms with Crippen LogP contribution in [0.1, 0.15) is 36.0 Å². The van der Waals surface area contributed by atoms with Crippen LogP contribution in [0.15, 0.2) is 18.2 Å². The molecule has 26 heavy (non-hydrogen) atoms.